The van der Waals surface area contributed by atoms with Crippen LogP contribution in [0.1, 0.15) is 12.0 Å². The van der Waals surface area contributed by atoms with E-state index >= 15 is 0 Å². The number of nitrogens with one attached hydrogen (secondary N) is 3. The highest BCUT2D eigenvalue weighted by Crippen LogP contribution is 2.30. The summed E-state index contributed by atoms with van der Waals surface area (Å²) in [5.41, 5.74) is 2.89. The maximum absolute atomic E-state index is 11.3. The predicted octanol–water partition coefficient (Wildman–Crippen LogP) is 3.44. The summed E-state index contributed by atoms with van der Waals surface area (Å²) in [6, 6.07) is 16.0. The molecule has 1 aliphatic heterocycles. The Morgan fingerprint density at radius 2 is 1.90 bits per heavy atom. The van der Waals surface area contributed by atoms with Crippen molar-refractivity contribution < 1.29 is 14.3 Å². The molecule has 2 aromatic carbocycles. The Labute approximate surface area is 200 Å². The molecule has 1 saturated heterocycles. The molecule has 1 unspecified atom stereocenters. The lowest BCUT2D eigenvalue weighted by molar-refractivity contribution is 0.187. The summed E-state index contributed by atoms with van der Waals surface area (Å²) in [6.07, 6.45) is 0.538. The van der Waals surface area contributed by atoms with Crippen molar-refractivity contribution in [2.75, 3.05) is 44.6 Å². The molecule has 0 saturated carbocycles. The van der Waals surface area contributed by atoms with Gasteiger partial charge in [0.25, 0.3) is 0 Å². The van der Waals surface area contributed by atoms with E-state index in [0.717, 1.165) is 42.5 Å². The van der Waals surface area contributed by atoms with Gasteiger partial charge in [0, 0.05) is 38.4 Å². The van der Waals surface area contributed by atoms with Gasteiger partial charge in [0.15, 0.2) is 5.96 Å². The summed E-state index contributed by atoms with van der Waals surface area (Å²) in [5, 5.41) is 9.48. The van der Waals surface area contributed by atoms with Crippen LogP contribution >= 0.6 is 24.0 Å². The number of amides is 1. The molecule has 168 valence electrons. The van der Waals surface area contributed by atoms with E-state index in [-0.39, 0.29) is 24.0 Å². The molecule has 3 N–H and O–H groups in total. The van der Waals surface area contributed by atoms with Crippen LogP contribution in [-0.4, -0.2) is 52.5 Å². The van der Waals surface area contributed by atoms with Gasteiger partial charge in [0.2, 0.25) is 0 Å². The van der Waals surface area contributed by atoms with Crippen LogP contribution in [-0.2, 0) is 11.3 Å². The highest BCUT2D eigenvalue weighted by Gasteiger charge is 2.25. The minimum atomic E-state index is -0.482. The molecule has 0 bridgehead atoms. The number of aliphatic imine (C=N–C) groups is 1. The first-order chi connectivity index (χ1) is 14.6. The van der Waals surface area contributed by atoms with Crippen molar-refractivity contribution in [3.63, 3.8) is 0 Å². The van der Waals surface area contributed by atoms with Gasteiger partial charge < -0.3 is 25.0 Å². The number of rotatable bonds is 6. The lowest BCUT2D eigenvalue weighted by Gasteiger charge is -2.22. The number of hydrogen-bond acceptors (Lipinski definition) is 5. The van der Waals surface area contributed by atoms with Gasteiger partial charge in [-0.2, -0.15) is 0 Å². The zero-order valence-corrected chi connectivity index (χ0v) is 20.4. The summed E-state index contributed by atoms with van der Waals surface area (Å²) >= 11 is 0. The first-order valence-electron chi connectivity index (χ1n) is 9.92. The number of nitrogens with zero attached hydrogens (tertiary/aromatic N) is 2. The first kappa shape index (κ1) is 24.6. The van der Waals surface area contributed by atoms with Crippen LogP contribution in [0.5, 0.6) is 5.75 Å². The van der Waals surface area contributed by atoms with Crippen LogP contribution in [0.4, 0.5) is 16.2 Å². The number of halogens is 1. The predicted molar refractivity (Wildman–Crippen MR) is 135 cm³/mol. The molecule has 1 atom stereocenters. The third kappa shape index (κ3) is 6.91. The Morgan fingerprint density at radius 3 is 2.58 bits per heavy atom. The van der Waals surface area contributed by atoms with Crippen LogP contribution < -0.4 is 25.6 Å². The molecule has 0 radical (unpaired) electrons. The average Bonchev–Trinajstić information content (AvgIpc) is 3.25. The first-order valence-corrected chi connectivity index (χ1v) is 9.92. The molecular weight excluding hydrogens is 509 g/mol. The van der Waals surface area contributed by atoms with E-state index < -0.39 is 6.09 Å². The fourth-order valence-corrected chi connectivity index (χ4v) is 3.44. The maximum atomic E-state index is 11.3. The smallest absolute Gasteiger partial charge is 0.411 e. The van der Waals surface area contributed by atoms with E-state index in [4.69, 9.17) is 4.74 Å². The van der Waals surface area contributed by atoms with E-state index in [0.29, 0.717) is 18.3 Å². The summed E-state index contributed by atoms with van der Waals surface area (Å²) in [7, 11) is 4.81. The number of methoxy groups -OCH3 is 2. The standard InChI is InChI=1S/C22H29N5O3.HI/c1-23-21(24-14-16-8-10-17(11-9-16)26-22(28)30-3)25-18-12-13-27(15-18)19-6-4-5-7-20(19)29-2;/h4-11,18H,12-15H2,1-3H3,(H,26,28)(H2,23,24,25);1H. The Kier molecular flexibility index (Phi) is 9.70. The second kappa shape index (κ2) is 12.2. The van der Waals surface area contributed by atoms with E-state index in [9.17, 15) is 4.79 Å². The van der Waals surface area contributed by atoms with Gasteiger partial charge in [0.1, 0.15) is 5.75 Å². The van der Waals surface area contributed by atoms with Gasteiger partial charge in [-0.05, 0) is 36.2 Å². The van der Waals surface area contributed by atoms with Crippen molar-refractivity contribution in [1.82, 2.24) is 10.6 Å². The molecule has 3 rings (SSSR count). The van der Waals surface area contributed by atoms with Gasteiger partial charge in [-0.3, -0.25) is 10.3 Å². The monoisotopic (exact) mass is 539 g/mol. The van der Waals surface area contributed by atoms with E-state index in [1.807, 2.05) is 42.5 Å². The third-order valence-electron chi connectivity index (χ3n) is 5.02. The molecule has 1 fully saturated rings. The van der Waals surface area contributed by atoms with Gasteiger partial charge in [-0.1, -0.05) is 24.3 Å². The summed E-state index contributed by atoms with van der Waals surface area (Å²) in [6.45, 7) is 2.47. The zero-order chi connectivity index (χ0) is 21.3. The Balaban J connectivity index is 0.00000341. The summed E-state index contributed by atoms with van der Waals surface area (Å²) in [4.78, 5) is 17.9. The number of carbonyl (C=O) groups is 1. The number of guanidine groups is 1. The second-order valence-corrected chi connectivity index (χ2v) is 6.99. The zero-order valence-electron chi connectivity index (χ0n) is 18.1. The summed E-state index contributed by atoms with van der Waals surface area (Å²) < 4.78 is 10.1. The number of para-hydroxylation sites is 2. The molecule has 2 aromatic rings. The lowest BCUT2D eigenvalue weighted by Crippen LogP contribution is -2.44. The number of carbonyl (C=O) groups excluding carboxylic acids is 1. The molecule has 1 aliphatic rings. The van der Waals surface area contributed by atoms with Crippen molar-refractivity contribution in [3.05, 3.63) is 54.1 Å². The van der Waals surface area contributed by atoms with Crippen molar-refractivity contribution in [2.24, 2.45) is 4.99 Å². The van der Waals surface area contributed by atoms with Crippen LogP contribution in [0.2, 0.25) is 0 Å². The minimum absolute atomic E-state index is 0. The molecule has 0 aliphatic carbocycles. The molecule has 8 nitrogen and oxygen atoms in total. The number of benzene rings is 2. The summed E-state index contributed by atoms with van der Waals surface area (Å²) in [5.74, 6) is 1.66. The molecule has 0 aromatic heterocycles. The van der Waals surface area contributed by atoms with Crippen LogP contribution in [0.3, 0.4) is 0 Å². The topological polar surface area (TPSA) is 87.2 Å². The van der Waals surface area contributed by atoms with Crippen LogP contribution in [0, 0.1) is 0 Å². The molecule has 31 heavy (non-hydrogen) atoms. The SMILES string of the molecule is CN=C(NCc1ccc(NC(=O)OC)cc1)NC1CCN(c2ccccc2OC)C1.I. The Hall–Kier alpha value is -2.69. The Bertz CT molecular complexity index is 876. The van der Waals surface area contributed by atoms with E-state index in [1.165, 1.54) is 7.11 Å². The number of anilines is 2. The second-order valence-electron chi connectivity index (χ2n) is 6.99. The number of ether oxygens (including phenoxy) is 2. The molecule has 1 amide bonds. The van der Waals surface area contributed by atoms with Gasteiger partial charge >= 0.3 is 6.09 Å². The van der Waals surface area contributed by atoms with E-state index in [2.05, 4.69) is 36.6 Å². The van der Waals surface area contributed by atoms with Crippen molar-refractivity contribution in [2.45, 2.75) is 19.0 Å². The van der Waals surface area contributed by atoms with Gasteiger partial charge in [-0.15, -0.1) is 24.0 Å². The molecule has 9 heteroatoms. The van der Waals surface area contributed by atoms with Crippen LogP contribution in [0.15, 0.2) is 53.5 Å². The van der Waals surface area contributed by atoms with Gasteiger partial charge in [0.05, 0.1) is 19.9 Å². The van der Waals surface area contributed by atoms with E-state index in [1.54, 1.807) is 14.2 Å². The largest absolute Gasteiger partial charge is 0.495 e. The average molecular weight is 539 g/mol. The van der Waals surface area contributed by atoms with Crippen molar-refractivity contribution in [3.8, 4) is 5.75 Å². The fraction of sp³-hybridized carbons (Fsp3) is 0.364. The quantitative estimate of drug-likeness (QED) is 0.296. The lowest BCUT2D eigenvalue weighted by atomic mass is 10.2. The van der Waals surface area contributed by atoms with Crippen molar-refractivity contribution in [1.29, 1.82) is 0 Å². The van der Waals surface area contributed by atoms with Crippen molar-refractivity contribution >= 4 is 47.4 Å². The van der Waals surface area contributed by atoms with Gasteiger partial charge in [-0.25, -0.2) is 4.79 Å². The third-order valence-corrected chi connectivity index (χ3v) is 5.02. The highest BCUT2D eigenvalue weighted by atomic mass is 127. The highest BCUT2D eigenvalue weighted by molar-refractivity contribution is 14.0. The molecular formula is C22H30IN5O3. The molecule has 1 heterocycles. The molecule has 0 spiro atoms. The Morgan fingerprint density at radius 1 is 1.16 bits per heavy atom. The van der Waals surface area contributed by atoms with Crippen LogP contribution in [0.25, 0.3) is 0 Å². The fourth-order valence-electron chi connectivity index (χ4n) is 3.44. The maximum Gasteiger partial charge on any atom is 0.411 e. The minimum Gasteiger partial charge on any atom is -0.495 e. The number of hydrogen-bond donors (Lipinski definition) is 3. The normalized spacial score (nSPS) is 15.6.